The molecule has 1 atom stereocenters. The average Bonchev–Trinajstić information content (AvgIpc) is 2.90. The topological polar surface area (TPSA) is 63.8 Å². The summed E-state index contributed by atoms with van der Waals surface area (Å²) < 4.78 is 5.29. The van der Waals surface area contributed by atoms with Crippen molar-refractivity contribution in [2.45, 2.75) is 18.8 Å². The fraction of sp³-hybridized carbons (Fsp3) is 0.417. The Hall–Kier alpha value is -1.17. The number of halogens is 2. The number of hydrogen-bond acceptors (Lipinski definition) is 5. The summed E-state index contributed by atoms with van der Waals surface area (Å²) in [5.41, 5.74) is 0.919. The molecule has 3 heterocycles. The second-order valence-electron chi connectivity index (χ2n) is 4.24. The first-order valence-corrected chi connectivity index (χ1v) is 5.88. The predicted molar refractivity (Wildman–Crippen MR) is 76.9 cm³/mol. The van der Waals surface area contributed by atoms with Gasteiger partial charge in [-0.05, 0) is 31.5 Å². The average molecular weight is 303 g/mol. The van der Waals surface area contributed by atoms with Crippen LogP contribution >= 0.6 is 24.8 Å². The zero-order valence-electron chi connectivity index (χ0n) is 10.3. The monoisotopic (exact) mass is 302 g/mol. The van der Waals surface area contributed by atoms with E-state index < -0.39 is 0 Å². The van der Waals surface area contributed by atoms with Gasteiger partial charge in [-0.1, -0.05) is 5.16 Å². The van der Waals surface area contributed by atoms with Gasteiger partial charge in [0, 0.05) is 30.4 Å². The Bertz CT molecular complexity index is 485. The van der Waals surface area contributed by atoms with Crippen LogP contribution in [0.1, 0.15) is 24.6 Å². The second kappa shape index (κ2) is 7.43. The van der Waals surface area contributed by atoms with E-state index in [1.54, 1.807) is 12.4 Å². The van der Waals surface area contributed by atoms with Crippen molar-refractivity contribution >= 4 is 24.8 Å². The molecular formula is C12H16Cl2N4O. The lowest BCUT2D eigenvalue weighted by molar-refractivity contribution is 0.393. The molecular weight excluding hydrogens is 287 g/mol. The van der Waals surface area contributed by atoms with Crippen LogP contribution < -0.4 is 5.32 Å². The maximum Gasteiger partial charge on any atom is 0.258 e. The van der Waals surface area contributed by atoms with E-state index in [4.69, 9.17) is 4.52 Å². The van der Waals surface area contributed by atoms with Crippen LogP contribution in [0.4, 0.5) is 0 Å². The third kappa shape index (κ3) is 3.65. The maximum absolute atomic E-state index is 5.29. The van der Waals surface area contributed by atoms with Gasteiger partial charge in [0.05, 0.1) is 0 Å². The van der Waals surface area contributed by atoms with Crippen molar-refractivity contribution in [2.24, 2.45) is 0 Å². The number of nitrogens with one attached hydrogen (secondary N) is 1. The summed E-state index contributed by atoms with van der Waals surface area (Å²) in [7, 11) is 0. The van der Waals surface area contributed by atoms with Gasteiger partial charge < -0.3 is 9.84 Å². The van der Waals surface area contributed by atoms with E-state index in [-0.39, 0.29) is 24.8 Å². The summed E-state index contributed by atoms with van der Waals surface area (Å²) in [6.45, 7) is 2.03. The van der Waals surface area contributed by atoms with Gasteiger partial charge in [0.15, 0.2) is 5.82 Å². The Morgan fingerprint density at radius 2 is 2.00 bits per heavy atom. The van der Waals surface area contributed by atoms with Gasteiger partial charge in [0.2, 0.25) is 0 Å². The third-order valence-corrected chi connectivity index (χ3v) is 3.03. The van der Waals surface area contributed by atoms with Gasteiger partial charge in [-0.25, -0.2) is 0 Å². The van der Waals surface area contributed by atoms with E-state index in [0.29, 0.717) is 11.8 Å². The summed E-state index contributed by atoms with van der Waals surface area (Å²) in [6, 6.07) is 3.74. The SMILES string of the molecule is Cl.Cl.c1cc(-c2nc(C3CCCNC3)no2)ccn1. The largest absolute Gasteiger partial charge is 0.334 e. The summed E-state index contributed by atoms with van der Waals surface area (Å²) in [4.78, 5) is 8.43. The number of aromatic nitrogens is 3. The Morgan fingerprint density at radius 1 is 1.21 bits per heavy atom. The minimum absolute atomic E-state index is 0. The van der Waals surface area contributed by atoms with Gasteiger partial charge in [0.1, 0.15) is 0 Å². The van der Waals surface area contributed by atoms with Crippen LogP contribution in [-0.4, -0.2) is 28.2 Å². The van der Waals surface area contributed by atoms with Crippen LogP contribution in [0.2, 0.25) is 0 Å². The molecule has 1 unspecified atom stereocenters. The highest BCUT2D eigenvalue weighted by molar-refractivity contribution is 5.85. The lowest BCUT2D eigenvalue weighted by Crippen LogP contribution is -2.28. The van der Waals surface area contributed by atoms with E-state index >= 15 is 0 Å². The molecule has 3 rings (SSSR count). The number of nitrogens with zero attached hydrogens (tertiary/aromatic N) is 3. The molecule has 2 aromatic heterocycles. The van der Waals surface area contributed by atoms with Gasteiger partial charge in [0.25, 0.3) is 5.89 Å². The zero-order chi connectivity index (χ0) is 11.5. The number of pyridine rings is 1. The minimum atomic E-state index is 0. The van der Waals surface area contributed by atoms with E-state index in [0.717, 1.165) is 30.9 Å². The van der Waals surface area contributed by atoms with Crippen molar-refractivity contribution < 1.29 is 4.52 Å². The van der Waals surface area contributed by atoms with Crippen LogP contribution in [-0.2, 0) is 0 Å². The van der Waals surface area contributed by atoms with Gasteiger partial charge >= 0.3 is 0 Å². The molecule has 2 aromatic rings. The van der Waals surface area contributed by atoms with Gasteiger partial charge in [-0.3, -0.25) is 4.98 Å². The summed E-state index contributed by atoms with van der Waals surface area (Å²) in [5, 5.41) is 7.42. The molecule has 0 saturated carbocycles. The molecule has 0 bridgehead atoms. The second-order valence-corrected chi connectivity index (χ2v) is 4.24. The van der Waals surface area contributed by atoms with Crippen LogP contribution in [0.3, 0.4) is 0 Å². The standard InChI is InChI=1S/C12H14N4O.2ClH/c1-2-10(8-14-5-1)11-15-12(17-16-11)9-3-6-13-7-4-9;;/h3-4,6-7,10,14H,1-2,5,8H2;2*1H. The fourth-order valence-corrected chi connectivity index (χ4v) is 2.08. The number of hydrogen-bond donors (Lipinski definition) is 1. The first kappa shape index (κ1) is 15.9. The normalized spacial score (nSPS) is 18.2. The Labute approximate surface area is 124 Å². The Balaban J connectivity index is 0.000000902. The highest BCUT2D eigenvalue weighted by Crippen LogP contribution is 2.23. The molecule has 1 N–H and O–H groups in total. The van der Waals surface area contributed by atoms with Crippen molar-refractivity contribution in [1.29, 1.82) is 0 Å². The molecule has 0 radical (unpaired) electrons. The van der Waals surface area contributed by atoms with Gasteiger partial charge in [-0.15, -0.1) is 24.8 Å². The molecule has 1 aliphatic heterocycles. The van der Waals surface area contributed by atoms with E-state index in [1.807, 2.05) is 12.1 Å². The van der Waals surface area contributed by atoms with Crippen molar-refractivity contribution in [3.63, 3.8) is 0 Å². The minimum Gasteiger partial charge on any atom is -0.334 e. The maximum atomic E-state index is 5.29. The molecule has 0 spiro atoms. The van der Waals surface area contributed by atoms with Gasteiger partial charge in [-0.2, -0.15) is 4.98 Å². The molecule has 7 heteroatoms. The molecule has 19 heavy (non-hydrogen) atoms. The zero-order valence-corrected chi connectivity index (χ0v) is 11.9. The molecule has 0 aromatic carbocycles. The first-order valence-electron chi connectivity index (χ1n) is 5.88. The molecule has 1 fully saturated rings. The Kier molecular flexibility index (Phi) is 6.21. The van der Waals surface area contributed by atoms with E-state index in [1.165, 1.54) is 6.42 Å². The van der Waals surface area contributed by atoms with Crippen LogP contribution in [0.25, 0.3) is 11.5 Å². The van der Waals surface area contributed by atoms with Crippen molar-refractivity contribution in [3.8, 4) is 11.5 Å². The van der Waals surface area contributed by atoms with E-state index in [9.17, 15) is 0 Å². The smallest absolute Gasteiger partial charge is 0.258 e. The molecule has 1 aliphatic rings. The summed E-state index contributed by atoms with van der Waals surface area (Å²) >= 11 is 0. The Morgan fingerprint density at radius 3 is 2.68 bits per heavy atom. The molecule has 0 amide bonds. The van der Waals surface area contributed by atoms with Crippen molar-refractivity contribution in [3.05, 3.63) is 30.4 Å². The van der Waals surface area contributed by atoms with Crippen molar-refractivity contribution in [1.82, 2.24) is 20.4 Å². The molecule has 1 saturated heterocycles. The van der Waals surface area contributed by atoms with Crippen LogP contribution in [0, 0.1) is 0 Å². The summed E-state index contributed by atoms with van der Waals surface area (Å²) in [6.07, 6.45) is 5.74. The van der Waals surface area contributed by atoms with Crippen LogP contribution in [0.15, 0.2) is 29.0 Å². The lowest BCUT2D eigenvalue weighted by atomic mass is 9.99. The lowest BCUT2D eigenvalue weighted by Gasteiger charge is -2.19. The highest BCUT2D eigenvalue weighted by atomic mass is 35.5. The highest BCUT2D eigenvalue weighted by Gasteiger charge is 2.20. The predicted octanol–water partition coefficient (Wildman–Crippen LogP) is 2.44. The quantitative estimate of drug-likeness (QED) is 0.923. The van der Waals surface area contributed by atoms with Crippen molar-refractivity contribution in [2.75, 3.05) is 13.1 Å². The fourth-order valence-electron chi connectivity index (χ4n) is 2.08. The van der Waals surface area contributed by atoms with Crippen LogP contribution in [0.5, 0.6) is 0 Å². The molecule has 104 valence electrons. The third-order valence-electron chi connectivity index (χ3n) is 3.03. The summed E-state index contributed by atoms with van der Waals surface area (Å²) in [5.74, 6) is 1.76. The molecule has 0 aliphatic carbocycles. The van der Waals surface area contributed by atoms with E-state index in [2.05, 4.69) is 20.4 Å². The number of piperidine rings is 1. The first-order chi connectivity index (χ1) is 8.43. The molecule has 5 nitrogen and oxygen atoms in total. The number of rotatable bonds is 2.